The minimum atomic E-state index is -3.27. The zero-order chi connectivity index (χ0) is 12.9. The summed E-state index contributed by atoms with van der Waals surface area (Å²) in [6.45, 7) is 2.57. The quantitative estimate of drug-likeness (QED) is 0.339. The van der Waals surface area contributed by atoms with Gasteiger partial charge in [-0.05, 0) is 6.92 Å². The van der Waals surface area contributed by atoms with E-state index in [1.54, 1.807) is 11.6 Å². The van der Waals surface area contributed by atoms with Crippen molar-refractivity contribution < 1.29 is 19.2 Å². The van der Waals surface area contributed by atoms with Crippen LogP contribution >= 0.6 is 30.9 Å². The van der Waals surface area contributed by atoms with Crippen molar-refractivity contribution in [2.24, 2.45) is 0 Å². The third kappa shape index (κ3) is 4.04. The molecule has 0 bridgehead atoms. The molecular formula is C8H17Cl2N2O4P. The molecule has 0 aliphatic carbocycles. The van der Waals surface area contributed by atoms with Crippen molar-refractivity contribution in [1.29, 1.82) is 0 Å². The van der Waals surface area contributed by atoms with Gasteiger partial charge in [0.25, 0.3) is 0 Å². The van der Waals surface area contributed by atoms with E-state index in [0.29, 0.717) is 31.3 Å². The minimum Gasteiger partial charge on any atom is -0.306 e. The lowest BCUT2D eigenvalue weighted by atomic mass is 10.2. The first kappa shape index (κ1) is 15.7. The van der Waals surface area contributed by atoms with Crippen molar-refractivity contribution in [3.05, 3.63) is 0 Å². The Kier molecular flexibility index (Phi) is 6.16. The van der Waals surface area contributed by atoms with E-state index >= 15 is 0 Å². The molecule has 1 saturated heterocycles. The van der Waals surface area contributed by atoms with Gasteiger partial charge in [0.05, 0.1) is 6.61 Å². The first-order valence-electron chi connectivity index (χ1n) is 5.23. The fourth-order valence-corrected chi connectivity index (χ4v) is 4.37. The maximum absolute atomic E-state index is 12.6. The Bertz CT molecular complexity index is 291. The zero-order valence-corrected chi connectivity index (χ0v) is 12.0. The van der Waals surface area contributed by atoms with Gasteiger partial charge in [-0.25, -0.2) is 19.9 Å². The van der Waals surface area contributed by atoms with E-state index in [9.17, 15) is 4.57 Å². The Labute approximate surface area is 111 Å². The van der Waals surface area contributed by atoms with Gasteiger partial charge in [0.15, 0.2) is 5.72 Å². The number of hydrogen-bond donors (Lipinski definition) is 2. The fraction of sp³-hybridized carbons (Fsp3) is 1.00. The molecule has 0 spiro atoms. The average molecular weight is 307 g/mol. The van der Waals surface area contributed by atoms with Gasteiger partial charge in [0.1, 0.15) is 0 Å². The van der Waals surface area contributed by atoms with Crippen molar-refractivity contribution in [3.63, 3.8) is 0 Å². The minimum absolute atomic E-state index is 0.225. The molecule has 1 heterocycles. The largest absolute Gasteiger partial charge is 0.345 e. The third-order valence-corrected chi connectivity index (χ3v) is 5.25. The zero-order valence-electron chi connectivity index (χ0n) is 9.56. The molecule has 9 heteroatoms. The molecule has 0 aromatic heterocycles. The van der Waals surface area contributed by atoms with Gasteiger partial charge in [-0.2, -0.15) is 0 Å². The van der Waals surface area contributed by atoms with Crippen LogP contribution < -0.4 is 5.09 Å². The summed E-state index contributed by atoms with van der Waals surface area (Å²) >= 11 is 11.3. The smallest absolute Gasteiger partial charge is 0.306 e. The van der Waals surface area contributed by atoms with Crippen molar-refractivity contribution >= 4 is 30.9 Å². The molecule has 17 heavy (non-hydrogen) atoms. The van der Waals surface area contributed by atoms with E-state index < -0.39 is 13.4 Å². The van der Waals surface area contributed by atoms with Gasteiger partial charge >= 0.3 is 7.67 Å². The van der Waals surface area contributed by atoms with Crippen LogP contribution in [0.2, 0.25) is 0 Å². The van der Waals surface area contributed by atoms with Crippen LogP contribution in [0.5, 0.6) is 0 Å². The highest BCUT2D eigenvalue weighted by atomic mass is 35.5. The summed E-state index contributed by atoms with van der Waals surface area (Å²) in [6.07, 6.45) is 0.392. The summed E-state index contributed by atoms with van der Waals surface area (Å²) in [5, 5.41) is 11.5. The summed E-state index contributed by atoms with van der Waals surface area (Å²) < 4.78 is 19.4. The second kappa shape index (κ2) is 6.68. The molecular weight excluding hydrogens is 290 g/mol. The van der Waals surface area contributed by atoms with Crippen LogP contribution in [0.15, 0.2) is 0 Å². The van der Waals surface area contributed by atoms with Gasteiger partial charge in [0.2, 0.25) is 0 Å². The van der Waals surface area contributed by atoms with Gasteiger partial charge in [-0.3, -0.25) is 4.57 Å². The summed E-state index contributed by atoms with van der Waals surface area (Å²) in [4.78, 5) is 4.32. The molecule has 0 radical (unpaired) electrons. The molecule has 0 aromatic rings. The predicted molar refractivity (Wildman–Crippen MR) is 66.4 cm³/mol. The number of alkyl halides is 2. The number of hydrogen-bond acceptors (Lipinski definition) is 4. The van der Waals surface area contributed by atoms with Crippen LogP contribution in [0, 0.1) is 0 Å². The molecule has 2 atom stereocenters. The second-order valence-corrected chi connectivity index (χ2v) is 6.71. The highest BCUT2D eigenvalue weighted by molar-refractivity contribution is 7.54. The molecule has 1 fully saturated rings. The lowest BCUT2D eigenvalue weighted by molar-refractivity contribution is -0.328. The first-order valence-corrected chi connectivity index (χ1v) is 7.88. The van der Waals surface area contributed by atoms with Crippen LogP contribution in [0.25, 0.3) is 0 Å². The Morgan fingerprint density at radius 3 is 2.59 bits per heavy atom. The Morgan fingerprint density at radius 2 is 2.12 bits per heavy atom. The lowest BCUT2D eigenvalue weighted by Crippen LogP contribution is -2.50. The Balaban J connectivity index is 2.79. The molecule has 6 nitrogen and oxygen atoms in total. The molecule has 0 aromatic carbocycles. The Hall–Kier alpha value is 0.610. The molecule has 102 valence electrons. The molecule has 0 amide bonds. The molecule has 2 unspecified atom stereocenters. The molecule has 1 aliphatic heterocycles. The standard InChI is InChI=1S/C8H17Cl2N2O4P/c1-8(16-13)2-7-15-17(14,11-8)12(5-3-9)6-4-10/h13H,2-7H2,1H3,(H,11,14). The average Bonchev–Trinajstić information content (AvgIpc) is 2.29. The van der Waals surface area contributed by atoms with Gasteiger partial charge in [-0.1, -0.05) is 0 Å². The Morgan fingerprint density at radius 1 is 1.53 bits per heavy atom. The summed E-state index contributed by atoms with van der Waals surface area (Å²) in [5.41, 5.74) is -1.08. The molecule has 1 rings (SSSR count). The van der Waals surface area contributed by atoms with Gasteiger partial charge < -0.3 is 4.52 Å². The summed E-state index contributed by atoms with van der Waals surface area (Å²) in [5.74, 6) is 0.616. The fourth-order valence-electron chi connectivity index (χ4n) is 1.54. The van der Waals surface area contributed by atoms with E-state index in [-0.39, 0.29) is 6.61 Å². The van der Waals surface area contributed by atoms with Gasteiger partial charge in [-0.15, -0.1) is 23.2 Å². The SMILES string of the molecule is CC1(OO)CCOP(=O)(N(CCCl)CCCl)N1. The first-order chi connectivity index (χ1) is 7.99. The summed E-state index contributed by atoms with van der Waals surface area (Å²) in [7, 11) is -3.27. The van der Waals surface area contributed by atoms with Crippen molar-refractivity contribution in [2.45, 2.75) is 19.1 Å². The number of nitrogens with zero attached hydrogens (tertiary/aromatic N) is 1. The predicted octanol–water partition coefficient (Wildman–Crippen LogP) is 2.09. The lowest BCUT2D eigenvalue weighted by Gasteiger charge is -2.40. The monoisotopic (exact) mass is 306 g/mol. The molecule has 1 aliphatic rings. The van der Waals surface area contributed by atoms with Crippen molar-refractivity contribution in [1.82, 2.24) is 9.76 Å². The van der Waals surface area contributed by atoms with Crippen LogP contribution in [0.3, 0.4) is 0 Å². The maximum Gasteiger partial charge on any atom is 0.345 e. The van der Waals surface area contributed by atoms with Crippen molar-refractivity contribution in [2.75, 3.05) is 31.5 Å². The van der Waals surface area contributed by atoms with E-state index in [2.05, 4.69) is 9.97 Å². The molecule has 0 saturated carbocycles. The van der Waals surface area contributed by atoms with Crippen LogP contribution in [0.4, 0.5) is 0 Å². The van der Waals surface area contributed by atoms with E-state index in [1.165, 1.54) is 0 Å². The number of halogens is 2. The highest BCUT2D eigenvalue weighted by Gasteiger charge is 2.44. The van der Waals surface area contributed by atoms with E-state index in [4.69, 9.17) is 33.0 Å². The van der Waals surface area contributed by atoms with Crippen molar-refractivity contribution in [3.8, 4) is 0 Å². The third-order valence-electron chi connectivity index (χ3n) is 2.48. The number of nitrogens with one attached hydrogen (secondary N) is 1. The second-order valence-electron chi connectivity index (χ2n) is 3.87. The van der Waals surface area contributed by atoms with Crippen LogP contribution in [0.1, 0.15) is 13.3 Å². The topological polar surface area (TPSA) is 71.0 Å². The summed E-state index contributed by atoms with van der Waals surface area (Å²) in [6, 6.07) is 0. The van der Waals surface area contributed by atoms with Crippen LogP contribution in [-0.4, -0.2) is 47.1 Å². The highest BCUT2D eigenvalue weighted by Crippen LogP contribution is 2.51. The normalized spacial score (nSPS) is 34.2. The number of rotatable bonds is 6. The van der Waals surface area contributed by atoms with E-state index in [1.807, 2.05) is 0 Å². The van der Waals surface area contributed by atoms with E-state index in [0.717, 1.165) is 0 Å². The molecule has 2 N–H and O–H groups in total. The van der Waals surface area contributed by atoms with Crippen LogP contribution in [-0.2, 0) is 14.0 Å². The van der Waals surface area contributed by atoms with Gasteiger partial charge in [0, 0.05) is 31.3 Å². The maximum atomic E-state index is 12.6.